The number of carbonyl (C=O) groups is 2. The van der Waals surface area contributed by atoms with Gasteiger partial charge in [0.25, 0.3) is 0 Å². The van der Waals surface area contributed by atoms with Gasteiger partial charge in [-0.1, -0.05) is 6.07 Å². The maximum Gasteiger partial charge on any atom is 0.339 e. The Balaban J connectivity index is 3.64. The van der Waals surface area contributed by atoms with Gasteiger partial charge in [-0.15, -0.1) is 0 Å². The van der Waals surface area contributed by atoms with Gasteiger partial charge in [0.15, 0.2) is 0 Å². The fraction of sp³-hybridized carbons (Fsp3) is 0.200. The largest absolute Gasteiger partial charge is 0.506 e. The first-order valence-electron chi connectivity index (χ1n) is 4.16. The van der Waals surface area contributed by atoms with Crippen LogP contribution in [0, 0.1) is 13.8 Å². The summed E-state index contributed by atoms with van der Waals surface area (Å²) in [6.45, 7) is 3.00. The first-order chi connectivity index (χ1) is 6.86. The first-order valence-corrected chi connectivity index (χ1v) is 4.16. The maximum absolute atomic E-state index is 10.8. The Morgan fingerprint density at radius 3 is 1.60 bits per heavy atom. The van der Waals surface area contributed by atoms with Crippen LogP contribution in [0.2, 0.25) is 0 Å². The van der Waals surface area contributed by atoms with E-state index in [-0.39, 0.29) is 11.1 Å². The minimum absolute atomic E-state index is 0.336. The molecule has 0 bridgehead atoms. The summed E-state index contributed by atoms with van der Waals surface area (Å²) >= 11 is 0. The van der Waals surface area contributed by atoms with Gasteiger partial charge in [0, 0.05) is 0 Å². The predicted molar refractivity (Wildman–Crippen MR) is 51.5 cm³/mol. The topological polar surface area (TPSA) is 94.8 Å². The Bertz CT molecular complexity index is 409. The normalized spacial score (nSPS) is 10.0. The second-order valence-corrected chi connectivity index (χ2v) is 3.22. The molecule has 0 aromatic heterocycles. The van der Waals surface area contributed by atoms with E-state index < -0.39 is 17.7 Å². The molecule has 0 amide bonds. The fourth-order valence-corrected chi connectivity index (χ4v) is 1.51. The van der Waals surface area contributed by atoms with Crippen LogP contribution in [0.3, 0.4) is 0 Å². The van der Waals surface area contributed by atoms with Gasteiger partial charge < -0.3 is 15.3 Å². The molecule has 1 aromatic carbocycles. The number of rotatable bonds is 2. The van der Waals surface area contributed by atoms with Crippen molar-refractivity contribution in [2.45, 2.75) is 13.8 Å². The summed E-state index contributed by atoms with van der Waals surface area (Å²) in [4.78, 5) is 21.6. The molecule has 5 nitrogen and oxygen atoms in total. The quantitative estimate of drug-likeness (QED) is 0.685. The standard InChI is InChI=1S/C10H10O5/c1-4-3-5(2)7(10(14)15)8(11)6(4)9(12)13/h3,11H,1-2H3,(H,12,13)(H,14,15). The summed E-state index contributed by atoms with van der Waals surface area (Å²) in [7, 11) is 0. The molecule has 0 saturated carbocycles. The average Bonchev–Trinajstić information content (AvgIpc) is 1.99. The van der Waals surface area contributed by atoms with Crippen molar-refractivity contribution in [1.29, 1.82) is 0 Å². The van der Waals surface area contributed by atoms with Crippen molar-refractivity contribution in [3.8, 4) is 5.75 Å². The highest BCUT2D eigenvalue weighted by molar-refractivity contribution is 6.00. The molecule has 0 fully saturated rings. The fourth-order valence-electron chi connectivity index (χ4n) is 1.51. The zero-order chi connectivity index (χ0) is 11.7. The molecule has 0 aliphatic heterocycles. The van der Waals surface area contributed by atoms with Crippen LogP contribution >= 0.6 is 0 Å². The van der Waals surface area contributed by atoms with E-state index in [1.807, 2.05) is 0 Å². The van der Waals surface area contributed by atoms with Crippen LogP contribution in [0.5, 0.6) is 5.75 Å². The van der Waals surface area contributed by atoms with Crippen molar-refractivity contribution in [3.63, 3.8) is 0 Å². The third kappa shape index (κ3) is 1.76. The Morgan fingerprint density at radius 1 is 1.00 bits per heavy atom. The molecule has 15 heavy (non-hydrogen) atoms. The van der Waals surface area contributed by atoms with Crippen molar-refractivity contribution in [2.75, 3.05) is 0 Å². The lowest BCUT2D eigenvalue weighted by atomic mass is 9.98. The lowest BCUT2D eigenvalue weighted by Gasteiger charge is -2.09. The van der Waals surface area contributed by atoms with Crippen LogP contribution < -0.4 is 0 Å². The number of aromatic hydroxyl groups is 1. The molecule has 1 aromatic rings. The van der Waals surface area contributed by atoms with Crippen LogP contribution in [0.1, 0.15) is 31.8 Å². The molecular weight excluding hydrogens is 200 g/mol. The van der Waals surface area contributed by atoms with Crippen molar-refractivity contribution in [3.05, 3.63) is 28.3 Å². The van der Waals surface area contributed by atoms with Gasteiger partial charge >= 0.3 is 11.9 Å². The zero-order valence-electron chi connectivity index (χ0n) is 8.24. The van der Waals surface area contributed by atoms with Crippen LogP contribution in [0.25, 0.3) is 0 Å². The Morgan fingerprint density at radius 2 is 1.33 bits per heavy atom. The minimum atomic E-state index is -1.34. The molecule has 0 aliphatic rings. The van der Waals surface area contributed by atoms with Gasteiger partial charge in [-0.25, -0.2) is 9.59 Å². The second-order valence-electron chi connectivity index (χ2n) is 3.22. The lowest BCUT2D eigenvalue weighted by molar-refractivity contribution is 0.0690. The van der Waals surface area contributed by atoms with Gasteiger partial charge in [-0.2, -0.15) is 0 Å². The highest BCUT2D eigenvalue weighted by Crippen LogP contribution is 2.28. The molecule has 0 heterocycles. The average molecular weight is 210 g/mol. The SMILES string of the molecule is Cc1cc(C)c(C(=O)O)c(O)c1C(=O)O. The van der Waals surface area contributed by atoms with E-state index in [9.17, 15) is 14.7 Å². The molecule has 0 aliphatic carbocycles. The number of aryl methyl sites for hydroxylation is 2. The van der Waals surface area contributed by atoms with Crippen molar-refractivity contribution < 1.29 is 24.9 Å². The van der Waals surface area contributed by atoms with Gasteiger partial charge in [-0.3, -0.25) is 0 Å². The monoisotopic (exact) mass is 210 g/mol. The second kappa shape index (κ2) is 3.61. The number of hydrogen-bond donors (Lipinski definition) is 3. The van der Waals surface area contributed by atoms with Gasteiger partial charge in [0.05, 0.1) is 0 Å². The molecule has 5 heteroatoms. The Kier molecular flexibility index (Phi) is 2.65. The summed E-state index contributed by atoms with van der Waals surface area (Å²) in [5, 5.41) is 27.1. The smallest absolute Gasteiger partial charge is 0.339 e. The molecular formula is C10H10O5. The summed E-state index contributed by atoms with van der Waals surface area (Å²) < 4.78 is 0. The number of aromatic carboxylic acids is 2. The van der Waals surface area contributed by atoms with E-state index in [2.05, 4.69) is 0 Å². The van der Waals surface area contributed by atoms with E-state index >= 15 is 0 Å². The molecule has 1 rings (SSSR count). The molecule has 3 N–H and O–H groups in total. The number of benzene rings is 1. The van der Waals surface area contributed by atoms with E-state index in [1.165, 1.54) is 19.9 Å². The third-order valence-electron chi connectivity index (χ3n) is 2.12. The summed E-state index contributed by atoms with van der Waals surface area (Å²) in [6, 6.07) is 1.42. The van der Waals surface area contributed by atoms with Crippen LogP contribution in [0.4, 0.5) is 0 Å². The highest BCUT2D eigenvalue weighted by Gasteiger charge is 2.22. The van der Waals surface area contributed by atoms with E-state index in [0.29, 0.717) is 11.1 Å². The van der Waals surface area contributed by atoms with E-state index in [4.69, 9.17) is 10.2 Å². The first kappa shape index (κ1) is 11.0. The van der Waals surface area contributed by atoms with Gasteiger partial charge in [-0.05, 0) is 25.0 Å². The maximum atomic E-state index is 10.8. The molecule has 0 radical (unpaired) electrons. The molecule has 80 valence electrons. The summed E-state index contributed by atoms with van der Waals surface area (Å²) in [6.07, 6.45) is 0. The van der Waals surface area contributed by atoms with E-state index in [1.54, 1.807) is 0 Å². The number of hydrogen-bond acceptors (Lipinski definition) is 3. The Hall–Kier alpha value is -2.04. The van der Waals surface area contributed by atoms with Crippen molar-refractivity contribution >= 4 is 11.9 Å². The van der Waals surface area contributed by atoms with Crippen molar-refractivity contribution in [1.82, 2.24) is 0 Å². The van der Waals surface area contributed by atoms with E-state index in [0.717, 1.165) is 0 Å². The molecule has 0 atom stereocenters. The van der Waals surface area contributed by atoms with Crippen molar-refractivity contribution in [2.24, 2.45) is 0 Å². The molecule has 0 spiro atoms. The molecule has 0 unspecified atom stereocenters. The zero-order valence-corrected chi connectivity index (χ0v) is 8.24. The minimum Gasteiger partial charge on any atom is -0.506 e. The Labute approximate surface area is 85.6 Å². The number of carboxylic acids is 2. The van der Waals surface area contributed by atoms with Crippen LogP contribution in [-0.2, 0) is 0 Å². The summed E-state index contributed by atoms with van der Waals surface area (Å²) in [5.41, 5.74) is -0.0546. The van der Waals surface area contributed by atoms with Crippen LogP contribution in [-0.4, -0.2) is 27.3 Å². The number of carboxylic acid groups (broad SMARTS) is 2. The summed E-state index contributed by atoms with van der Waals surface area (Å²) in [5.74, 6) is -3.37. The van der Waals surface area contributed by atoms with Gasteiger partial charge in [0.1, 0.15) is 16.9 Å². The lowest BCUT2D eigenvalue weighted by Crippen LogP contribution is -2.08. The predicted octanol–water partition coefficient (Wildman–Crippen LogP) is 1.41. The van der Waals surface area contributed by atoms with Gasteiger partial charge in [0.2, 0.25) is 0 Å². The molecule has 0 saturated heterocycles. The number of phenols is 1. The van der Waals surface area contributed by atoms with Crippen LogP contribution in [0.15, 0.2) is 6.07 Å². The third-order valence-corrected chi connectivity index (χ3v) is 2.12. The highest BCUT2D eigenvalue weighted by atomic mass is 16.4.